The van der Waals surface area contributed by atoms with E-state index in [1.807, 2.05) is 0 Å². The first-order valence-corrected chi connectivity index (χ1v) is 6.16. The van der Waals surface area contributed by atoms with E-state index in [2.05, 4.69) is 9.97 Å². The fraction of sp³-hybridized carbons (Fsp3) is 0. The molecule has 100 valence electrons. The van der Waals surface area contributed by atoms with Gasteiger partial charge in [-0.2, -0.15) is 4.98 Å². The van der Waals surface area contributed by atoms with Crippen molar-refractivity contribution in [1.29, 1.82) is 0 Å². The number of aromatic nitrogens is 2. The Balaban J connectivity index is 2.14. The molecular formula is C14H9ClN2O3. The Bertz CT molecular complexity index is 792. The van der Waals surface area contributed by atoms with Gasteiger partial charge < -0.3 is 14.5 Å². The molecule has 0 spiro atoms. The SMILES string of the molecule is O=c1[nH]c(-c2ccco2)nc(O)c1-c1ccc(Cl)cc1. The zero-order valence-corrected chi connectivity index (χ0v) is 10.9. The molecule has 0 bridgehead atoms. The highest BCUT2D eigenvalue weighted by Gasteiger charge is 2.14. The Hall–Kier alpha value is -2.53. The second kappa shape index (κ2) is 4.86. The van der Waals surface area contributed by atoms with Gasteiger partial charge in [0, 0.05) is 5.02 Å². The Morgan fingerprint density at radius 3 is 2.55 bits per heavy atom. The highest BCUT2D eigenvalue weighted by molar-refractivity contribution is 6.30. The number of halogens is 1. The second-order valence-corrected chi connectivity index (χ2v) is 4.53. The molecule has 0 radical (unpaired) electrons. The van der Waals surface area contributed by atoms with Gasteiger partial charge in [0.05, 0.1) is 6.26 Å². The quantitative estimate of drug-likeness (QED) is 0.759. The lowest BCUT2D eigenvalue weighted by Gasteiger charge is -2.05. The van der Waals surface area contributed by atoms with Gasteiger partial charge >= 0.3 is 0 Å². The van der Waals surface area contributed by atoms with E-state index in [0.717, 1.165) is 0 Å². The Morgan fingerprint density at radius 1 is 1.20 bits per heavy atom. The van der Waals surface area contributed by atoms with E-state index in [4.69, 9.17) is 16.0 Å². The molecule has 0 aliphatic rings. The number of furan rings is 1. The second-order valence-electron chi connectivity index (χ2n) is 4.10. The van der Waals surface area contributed by atoms with Crippen LogP contribution >= 0.6 is 11.6 Å². The minimum Gasteiger partial charge on any atom is -0.493 e. The van der Waals surface area contributed by atoms with Crippen LogP contribution < -0.4 is 5.56 Å². The largest absolute Gasteiger partial charge is 0.493 e. The molecule has 0 saturated heterocycles. The third kappa shape index (κ3) is 2.19. The molecule has 3 aromatic rings. The number of nitrogens with one attached hydrogen (secondary N) is 1. The summed E-state index contributed by atoms with van der Waals surface area (Å²) in [5.41, 5.74) is 0.176. The summed E-state index contributed by atoms with van der Waals surface area (Å²) in [6, 6.07) is 9.85. The molecule has 3 rings (SSSR count). The molecule has 0 aliphatic carbocycles. The van der Waals surface area contributed by atoms with Gasteiger partial charge in [-0.1, -0.05) is 23.7 Å². The van der Waals surface area contributed by atoms with Gasteiger partial charge in [-0.15, -0.1) is 0 Å². The highest BCUT2D eigenvalue weighted by Crippen LogP contribution is 2.26. The summed E-state index contributed by atoms with van der Waals surface area (Å²) in [7, 11) is 0. The Labute approximate surface area is 118 Å². The van der Waals surface area contributed by atoms with Gasteiger partial charge in [-0.3, -0.25) is 4.79 Å². The molecule has 0 saturated carbocycles. The highest BCUT2D eigenvalue weighted by atomic mass is 35.5. The maximum atomic E-state index is 12.1. The van der Waals surface area contributed by atoms with Crippen molar-refractivity contribution >= 4 is 11.6 Å². The lowest BCUT2D eigenvalue weighted by Crippen LogP contribution is -2.11. The van der Waals surface area contributed by atoms with Crippen molar-refractivity contribution in [3.63, 3.8) is 0 Å². The predicted octanol–water partition coefficient (Wildman–Crippen LogP) is 3.06. The van der Waals surface area contributed by atoms with Crippen molar-refractivity contribution in [3.8, 4) is 28.6 Å². The summed E-state index contributed by atoms with van der Waals surface area (Å²) in [5, 5.41) is 10.5. The zero-order valence-electron chi connectivity index (χ0n) is 10.1. The minimum atomic E-state index is -0.453. The molecule has 0 amide bonds. The lowest BCUT2D eigenvalue weighted by molar-refractivity contribution is 0.452. The minimum absolute atomic E-state index is 0.0944. The van der Waals surface area contributed by atoms with E-state index in [0.29, 0.717) is 16.3 Å². The molecule has 0 atom stereocenters. The molecule has 5 nitrogen and oxygen atoms in total. The van der Waals surface area contributed by atoms with Crippen molar-refractivity contribution in [2.75, 3.05) is 0 Å². The van der Waals surface area contributed by atoms with Crippen LogP contribution in [0.4, 0.5) is 0 Å². The van der Waals surface area contributed by atoms with Crippen molar-refractivity contribution in [2.45, 2.75) is 0 Å². The fourth-order valence-electron chi connectivity index (χ4n) is 1.87. The topological polar surface area (TPSA) is 79.1 Å². The first-order valence-electron chi connectivity index (χ1n) is 5.78. The third-order valence-corrected chi connectivity index (χ3v) is 3.04. The van der Waals surface area contributed by atoms with Gasteiger partial charge in [-0.05, 0) is 29.8 Å². The number of hydrogen-bond acceptors (Lipinski definition) is 4. The smallest absolute Gasteiger partial charge is 0.263 e. The maximum absolute atomic E-state index is 12.1. The summed E-state index contributed by atoms with van der Waals surface area (Å²) in [6.45, 7) is 0. The molecule has 20 heavy (non-hydrogen) atoms. The molecule has 0 aliphatic heterocycles. The number of aromatic amines is 1. The fourth-order valence-corrected chi connectivity index (χ4v) is 1.99. The van der Waals surface area contributed by atoms with Crippen molar-refractivity contribution in [3.05, 3.63) is 58.0 Å². The van der Waals surface area contributed by atoms with E-state index in [1.54, 1.807) is 36.4 Å². The monoisotopic (exact) mass is 288 g/mol. The molecule has 0 fully saturated rings. The Morgan fingerprint density at radius 2 is 1.95 bits per heavy atom. The average Bonchev–Trinajstić information content (AvgIpc) is 2.94. The van der Waals surface area contributed by atoms with Crippen LogP contribution in [0.3, 0.4) is 0 Å². The molecule has 0 unspecified atom stereocenters. The summed E-state index contributed by atoms with van der Waals surface area (Å²) in [6.07, 6.45) is 1.46. The molecular weight excluding hydrogens is 280 g/mol. The molecule has 2 heterocycles. The van der Waals surface area contributed by atoms with Gasteiger partial charge in [0.1, 0.15) is 5.56 Å². The molecule has 6 heteroatoms. The van der Waals surface area contributed by atoms with Crippen molar-refractivity contribution in [2.24, 2.45) is 0 Å². The number of hydrogen-bond donors (Lipinski definition) is 2. The zero-order chi connectivity index (χ0) is 14.1. The van der Waals surface area contributed by atoms with Gasteiger partial charge in [0.15, 0.2) is 11.6 Å². The summed E-state index contributed by atoms with van der Waals surface area (Å²) < 4.78 is 5.13. The van der Waals surface area contributed by atoms with E-state index in [1.165, 1.54) is 6.26 Å². The van der Waals surface area contributed by atoms with Crippen LogP contribution in [0, 0.1) is 0 Å². The number of aromatic hydroxyl groups is 1. The number of rotatable bonds is 2. The Kier molecular flexibility index (Phi) is 3.04. The van der Waals surface area contributed by atoms with Gasteiger partial charge in [0.2, 0.25) is 5.88 Å². The van der Waals surface area contributed by atoms with Crippen LogP contribution in [0.1, 0.15) is 0 Å². The average molecular weight is 289 g/mol. The maximum Gasteiger partial charge on any atom is 0.263 e. The van der Waals surface area contributed by atoms with Crippen LogP contribution in [0.5, 0.6) is 5.88 Å². The number of H-pyrrole nitrogens is 1. The normalized spacial score (nSPS) is 10.7. The molecule has 2 N–H and O–H groups in total. The number of benzene rings is 1. The van der Waals surface area contributed by atoms with Crippen LogP contribution in [-0.4, -0.2) is 15.1 Å². The van der Waals surface area contributed by atoms with Crippen LogP contribution in [0.2, 0.25) is 5.02 Å². The molecule has 2 aromatic heterocycles. The van der Waals surface area contributed by atoms with Crippen molar-refractivity contribution < 1.29 is 9.52 Å². The van der Waals surface area contributed by atoms with E-state index < -0.39 is 5.56 Å². The summed E-state index contributed by atoms with van der Waals surface area (Å²) >= 11 is 5.80. The van der Waals surface area contributed by atoms with Crippen LogP contribution in [-0.2, 0) is 0 Å². The van der Waals surface area contributed by atoms with Crippen LogP contribution in [0.25, 0.3) is 22.7 Å². The van der Waals surface area contributed by atoms with E-state index in [-0.39, 0.29) is 17.3 Å². The summed E-state index contributed by atoms with van der Waals surface area (Å²) in [5.74, 6) is 0.192. The van der Waals surface area contributed by atoms with E-state index >= 15 is 0 Å². The van der Waals surface area contributed by atoms with Crippen LogP contribution in [0.15, 0.2) is 51.9 Å². The lowest BCUT2D eigenvalue weighted by atomic mass is 10.1. The third-order valence-electron chi connectivity index (χ3n) is 2.79. The van der Waals surface area contributed by atoms with Crippen molar-refractivity contribution in [1.82, 2.24) is 9.97 Å². The van der Waals surface area contributed by atoms with Gasteiger partial charge in [-0.25, -0.2) is 0 Å². The predicted molar refractivity (Wildman–Crippen MR) is 74.7 cm³/mol. The first-order chi connectivity index (χ1) is 9.65. The molecule has 1 aromatic carbocycles. The van der Waals surface area contributed by atoms with E-state index in [9.17, 15) is 9.90 Å². The standard InChI is InChI=1S/C14H9ClN2O3/c15-9-5-3-8(4-6-9)11-13(18)16-12(17-14(11)19)10-2-1-7-20-10/h1-7H,(H2,16,17,18,19). The van der Waals surface area contributed by atoms with Gasteiger partial charge in [0.25, 0.3) is 5.56 Å². The first kappa shape index (κ1) is 12.5. The number of nitrogens with zero attached hydrogens (tertiary/aromatic N) is 1. The summed E-state index contributed by atoms with van der Waals surface area (Å²) in [4.78, 5) is 18.6.